The van der Waals surface area contributed by atoms with E-state index >= 15 is 0 Å². The predicted octanol–water partition coefficient (Wildman–Crippen LogP) is 3.70. The summed E-state index contributed by atoms with van der Waals surface area (Å²) in [6, 6.07) is 6.27. The average Bonchev–Trinajstić information content (AvgIpc) is 3.14. The Balaban J connectivity index is 1.79. The van der Waals surface area contributed by atoms with Crippen molar-refractivity contribution >= 4 is 38.7 Å². The van der Waals surface area contributed by atoms with E-state index in [1.54, 1.807) is 11.6 Å². The number of Topliss-reactive ketones (excluding diaryl/α,β-unsaturated/α-hetero) is 1. The highest BCUT2D eigenvalue weighted by molar-refractivity contribution is 7.18. The van der Waals surface area contributed by atoms with Gasteiger partial charge in [0, 0.05) is 17.9 Å². The van der Waals surface area contributed by atoms with Crippen LogP contribution in [0.1, 0.15) is 23.0 Å². The van der Waals surface area contributed by atoms with Crippen molar-refractivity contribution in [2.24, 2.45) is 0 Å². The van der Waals surface area contributed by atoms with E-state index in [9.17, 15) is 14.4 Å². The molecule has 3 rings (SSSR count). The molecule has 0 saturated carbocycles. The molecular formula is C15H10FN3OS2. The van der Waals surface area contributed by atoms with Gasteiger partial charge in [-0.15, -0.1) is 22.7 Å². The summed E-state index contributed by atoms with van der Waals surface area (Å²) in [7, 11) is 0. The zero-order valence-electron chi connectivity index (χ0n) is 11.3. The van der Waals surface area contributed by atoms with E-state index < -0.39 is 5.92 Å². The van der Waals surface area contributed by atoms with Crippen molar-refractivity contribution in [1.29, 1.82) is 5.26 Å². The first-order chi connectivity index (χ1) is 10.7. The lowest BCUT2D eigenvalue weighted by Crippen LogP contribution is -2.11. The largest absolute Gasteiger partial charge is 0.298 e. The van der Waals surface area contributed by atoms with Gasteiger partial charge in [-0.05, 0) is 18.6 Å². The number of halogens is 1. The summed E-state index contributed by atoms with van der Waals surface area (Å²) >= 11 is 2.73. The van der Waals surface area contributed by atoms with Crippen LogP contribution in [-0.4, -0.2) is 15.8 Å². The van der Waals surface area contributed by atoms with Gasteiger partial charge in [0.2, 0.25) is 0 Å². The lowest BCUT2D eigenvalue weighted by atomic mass is 10.0. The van der Waals surface area contributed by atoms with Crippen LogP contribution in [0.5, 0.6) is 0 Å². The number of rotatable bonds is 5. The number of carbonyl (C=O) groups is 1. The highest BCUT2D eigenvalue weighted by Crippen LogP contribution is 2.29. The summed E-state index contributed by atoms with van der Waals surface area (Å²) in [5.41, 5.74) is 3.04. The van der Waals surface area contributed by atoms with Crippen LogP contribution in [0.15, 0.2) is 29.1 Å². The minimum atomic E-state index is -0.904. The average molecular weight is 331 g/mol. The lowest BCUT2D eigenvalue weighted by molar-refractivity contribution is -0.119. The van der Waals surface area contributed by atoms with Crippen molar-refractivity contribution in [3.05, 3.63) is 45.6 Å². The molecule has 4 nitrogen and oxygen atoms in total. The van der Waals surface area contributed by atoms with Gasteiger partial charge >= 0.3 is 0 Å². The fraction of sp³-hybridized carbons (Fsp3) is 0.200. The van der Waals surface area contributed by atoms with E-state index in [1.807, 2.05) is 11.4 Å². The number of hydrogen-bond acceptors (Lipinski definition) is 6. The number of nitrogens with zero attached hydrogens (tertiary/aromatic N) is 3. The molecule has 0 aliphatic rings. The van der Waals surface area contributed by atoms with Crippen LogP contribution in [0.2, 0.25) is 0 Å². The summed E-state index contributed by atoms with van der Waals surface area (Å²) in [6.45, 7) is 0. The van der Waals surface area contributed by atoms with Gasteiger partial charge in [-0.25, -0.2) is 14.4 Å². The second-order valence-corrected chi connectivity index (χ2v) is 6.45. The summed E-state index contributed by atoms with van der Waals surface area (Å²) < 4.78 is 14.0. The van der Waals surface area contributed by atoms with Crippen LogP contribution in [-0.2, 0) is 11.2 Å². The zero-order chi connectivity index (χ0) is 15.5. The first kappa shape index (κ1) is 14.8. The number of ketones is 1. The third-order valence-corrected chi connectivity index (χ3v) is 4.91. The highest BCUT2D eigenvalue weighted by Gasteiger charge is 2.24. The molecule has 0 bridgehead atoms. The highest BCUT2D eigenvalue weighted by atomic mass is 32.1. The fourth-order valence-electron chi connectivity index (χ4n) is 2.06. The van der Waals surface area contributed by atoms with E-state index in [0.29, 0.717) is 16.9 Å². The van der Waals surface area contributed by atoms with Crippen LogP contribution in [0.25, 0.3) is 10.2 Å². The van der Waals surface area contributed by atoms with Gasteiger partial charge < -0.3 is 0 Å². The van der Waals surface area contributed by atoms with Crippen molar-refractivity contribution in [3.8, 4) is 6.07 Å². The molecule has 2 heterocycles. The van der Waals surface area contributed by atoms with E-state index in [-0.39, 0.29) is 18.0 Å². The smallest absolute Gasteiger partial charge is 0.157 e. The molecule has 110 valence electrons. The molecule has 0 unspecified atom stereocenters. The van der Waals surface area contributed by atoms with Crippen molar-refractivity contribution in [3.63, 3.8) is 0 Å². The monoisotopic (exact) mass is 331 g/mol. The quantitative estimate of drug-likeness (QED) is 0.715. The van der Waals surface area contributed by atoms with E-state index in [1.165, 1.54) is 34.8 Å². The maximum Gasteiger partial charge on any atom is 0.157 e. The van der Waals surface area contributed by atoms with Crippen molar-refractivity contribution < 1.29 is 9.18 Å². The third kappa shape index (κ3) is 3.03. The van der Waals surface area contributed by atoms with Crippen molar-refractivity contribution in [2.75, 3.05) is 0 Å². The molecule has 0 fully saturated rings. The predicted molar refractivity (Wildman–Crippen MR) is 83.4 cm³/mol. The Kier molecular flexibility index (Phi) is 4.22. The van der Waals surface area contributed by atoms with Crippen molar-refractivity contribution in [1.82, 2.24) is 9.97 Å². The van der Waals surface area contributed by atoms with Gasteiger partial charge in [0.15, 0.2) is 11.7 Å². The maximum absolute atomic E-state index is 13.2. The van der Waals surface area contributed by atoms with Crippen LogP contribution < -0.4 is 0 Å². The van der Waals surface area contributed by atoms with Crippen LogP contribution in [0, 0.1) is 17.1 Å². The third-order valence-electron chi connectivity index (χ3n) is 3.18. The molecule has 0 saturated heterocycles. The maximum atomic E-state index is 13.2. The summed E-state index contributed by atoms with van der Waals surface area (Å²) in [4.78, 5) is 20.6. The molecule has 0 spiro atoms. The Bertz CT molecular complexity index is 851. The lowest BCUT2D eigenvalue weighted by Gasteiger charge is -2.03. The van der Waals surface area contributed by atoms with E-state index in [2.05, 4.69) is 9.97 Å². The molecule has 0 aliphatic carbocycles. The van der Waals surface area contributed by atoms with Gasteiger partial charge in [-0.1, -0.05) is 0 Å². The zero-order valence-corrected chi connectivity index (χ0v) is 13.0. The summed E-state index contributed by atoms with van der Waals surface area (Å²) in [6.07, 6.45) is 0.756. The molecule has 2 aromatic heterocycles. The summed E-state index contributed by atoms with van der Waals surface area (Å²) in [5.74, 6) is -1.47. The number of benzene rings is 1. The second kappa shape index (κ2) is 6.30. The Labute approximate surface area is 133 Å². The molecule has 7 heteroatoms. The molecule has 0 N–H and O–H groups in total. The standard InChI is InChI=1S/C15H10FN3OS2/c16-9-1-4-14-12(5-9)19-15(22-14)11(6-17)13(20)3-2-10-7-21-8-18-10/h1,4-5,7-8,11H,2-3H2/t11-/m1/s1. The van der Waals surface area contributed by atoms with Gasteiger partial charge in [-0.2, -0.15) is 5.26 Å². The normalized spacial score (nSPS) is 12.2. The Morgan fingerprint density at radius 2 is 2.32 bits per heavy atom. The molecule has 0 radical (unpaired) electrons. The van der Waals surface area contributed by atoms with Crippen LogP contribution >= 0.6 is 22.7 Å². The molecule has 22 heavy (non-hydrogen) atoms. The fourth-order valence-corrected chi connectivity index (χ4v) is 3.67. The minimum absolute atomic E-state index is 0.185. The van der Waals surface area contributed by atoms with Gasteiger partial charge in [-0.3, -0.25) is 4.79 Å². The number of hydrogen-bond donors (Lipinski definition) is 0. The summed E-state index contributed by atoms with van der Waals surface area (Å²) in [5, 5.41) is 11.6. The number of aromatic nitrogens is 2. The molecule has 1 atom stereocenters. The molecule has 3 aromatic rings. The number of fused-ring (bicyclic) bond motifs is 1. The first-order valence-corrected chi connectivity index (χ1v) is 8.28. The Morgan fingerprint density at radius 3 is 3.05 bits per heavy atom. The number of nitriles is 1. The first-order valence-electron chi connectivity index (χ1n) is 6.53. The number of carbonyl (C=O) groups excluding carboxylic acids is 1. The molecule has 0 amide bonds. The van der Waals surface area contributed by atoms with Gasteiger partial charge in [0.05, 0.1) is 27.5 Å². The van der Waals surface area contributed by atoms with Crippen LogP contribution in [0.4, 0.5) is 4.39 Å². The van der Waals surface area contributed by atoms with E-state index in [4.69, 9.17) is 0 Å². The number of thiazole rings is 2. The molecular weight excluding hydrogens is 321 g/mol. The molecule has 1 aromatic carbocycles. The Hall–Kier alpha value is -2.17. The molecule has 0 aliphatic heterocycles. The van der Waals surface area contributed by atoms with Crippen molar-refractivity contribution in [2.45, 2.75) is 18.8 Å². The Morgan fingerprint density at radius 1 is 1.45 bits per heavy atom. The van der Waals surface area contributed by atoms with Gasteiger partial charge in [0.25, 0.3) is 0 Å². The SMILES string of the molecule is N#C[C@H](C(=O)CCc1cscn1)c1nc2cc(F)ccc2s1. The van der Waals surface area contributed by atoms with Crippen LogP contribution in [0.3, 0.4) is 0 Å². The van der Waals surface area contributed by atoms with E-state index in [0.717, 1.165) is 10.4 Å². The minimum Gasteiger partial charge on any atom is -0.298 e. The topological polar surface area (TPSA) is 66.6 Å². The number of aryl methyl sites for hydroxylation is 1. The second-order valence-electron chi connectivity index (χ2n) is 4.67. The van der Waals surface area contributed by atoms with Gasteiger partial charge in [0.1, 0.15) is 10.8 Å².